The summed E-state index contributed by atoms with van der Waals surface area (Å²) in [6.07, 6.45) is 1.23. The number of allylic oxidation sites excluding steroid dienone is 2. The van der Waals surface area contributed by atoms with Crippen molar-refractivity contribution >= 4 is 23.4 Å². The Labute approximate surface area is 141 Å². The monoisotopic (exact) mass is 337 g/mol. The van der Waals surface area contributed by atoms with Crippen molar-refractivity contribution in [3.05, 3.63) is 22.3 Å². The normalized spacial score (nSPS) is 14.7. The maximum atomic E-state index is 12.7. The molecule has 24 heavy (non-hydrogen) atoms. The van der Waals surface area contributed by atoms with Gasteiger partial charge in [-0.2, -0.15) is 0 Å². The number of esters is 2. The van der Waals surface area contributed by atoms with Gasteiger partial charge in [-0.05, 0) is 37.8 Å². The van der Waals surface area contributed by atoms with Gasteiger partial charge >= 0.3 is 11.9 Å². The van der Waals surface area contributed by atoms with E-state index in [1.165, 1.54) is 7.11 Å². The maximum Gasteiger partial charge on any atom is 0.342 e. The summed E-state index contributed by atoms with van der Waals surface area (Å²) in [4.78, 5) is 42.0. The average Bonchev–Trinajstić information content (AvgIpc) is 2.54. The van der Waals surface area contributed by atoms with E-state index in [4.69, 9.17) is 14.3 Å². The van der Waals surface area contributed by atoms with Gasteiger partial charge < -0.3 is 14.3 Å². The van der Waals surface area contributed by atoms with Gasteiger partial charge in [-0.3, -0.25) is 4.79 Å². The minimum atomic E-state index is -0.781. The third-order valence-corrected chi connectivity index (χ3v) is 3.38. The predicted molar refractivity (Wildman–Crippen MR) is 87.4 cm³/mol. The first-order valence-electron chi connectivity index (χ1n) is 7.83. The van der Waals surface area contributed by atoms with E-state index < -0.39 is 17.7 Å². The van der Waals surface area contributed by atoms with Crippen LogP contribution in [0.2, 0.25) is 0 Å². The van der Waals surface area contributed by atoms with Crippen LogP contribution in [0.4, 0.5) is 0 Å². The first kappa shape index (κ1) is 19.6. The highest BCUT2D eigenvalue weighted by Crippen LogP contribution is 2.27. The van der Waals surface area contributed by atoms with Crippen molar-refractivity contribution in [2.75, 3.05) is 20.3 Å². The quantitative estimate of drug-likeness (QED) is 0.306. The number of nitrogens with zero attached hydrogens (tertiary/aromatic N) is 1. The number of hydrogen-bond donors (Lipinski definition) is 0. The molecule has 132 valence electrons. The van der Waals surface area contributed by atoms with Gasteiger partial charge in [0.25, 0.3) is 0 Å². The van der Waals surface area contributed by atoms with Crippen molar-refractivity contribution in [2.45, 2.75) is 40.5 Å². The third kappa shape index (κ3) is 4.10. The minimum absolute atomic E-state index is 0.179. The fourth-order valence-corrected chi connectivity index (χ4v) is 2.24. The molecule has 0 atom stereocenters. The Hall–Kier alpha value is -2.44. The molecule has 0 N–H and O–H groups in total. The lowest BCUT2D eigenvalue weighted by molar-refractivity contribution is -0.141. The minimum Gasteiger partial charge on any atom is -0.462 e. The number of hydrogen-bond acceptors (Lipinski definition) is 7. The largest absolute Gasteiger partial charge is 0.462 e. The van der Waals surface area contributed by atoms with Crippen molar-refractivity contribution in [1.82, 2.24) is 0 Å². The summed E-state index contributed by atoms with van der Waals surface area (Å²) in [5.41, 5.74) is 0.450. The summed E-state index contributed by atoms with van der Waals surface area (Å²) in [7, 11) is 1.34. The van der Waals surface area contributed by atoms with Gasteiger partial charge in [-0.15, -0.1) is 0 Å². The number of Topliss-reactive ketones (excluding diaryl/α,β-unsaturated/α-hetero) is 1. The Morgan fingerprint density at radius 3 is 1.67 bits per heavy atom. The molecule has 1 rings (SSSR count). The van der Waals surface area contributed by atoms with E-state index in [1.807, 2.05) is 13.8 Å². The third-order valence-electron chi connectivity index (χ3n) is 3.38. The molecule has 7 nitrogen and oxygen atoms in total. The molecule has 0 saturated heterocycles. The highest BCUT2D eigenvalue weighted by atomic mass is 16.6. The highest BCUT2D eigenvalue weighted by Gasteiger charge is 2.38. The fourth-order valence-electron chi connectivity index (χ4n) is 2.24. The number of rotatable bonds is 7. The topological polar surface area (TPSA) is 91.3 Å². The molecule has 0 aromatic carbocycles. The van der Waals surface area contributed by atoms with Crippen LogP contribution in [0.3, 0.4) is 0 Å². The molecule has 0 aliphatic heterocycles. The van der Waals surface area contributed by atoms with Gasteiger partial charge in [0, 0.05) is 0 Å². The van der Waals surface area contributed by atoms with E-state index in [1.54, 1.807) is 13.8 Å². The standard InChI is InChI=1S/C17H23NO6/c1-6-8-23-16(20)12-10(3)14(18-22-5)11(4)13(15(12)19)17(21)24-9-7-2/h6-9H2,1-5H3. The second-order valence-corrected chi connectivity index (χ2v) is 5.22. The fraction of sp³-hybridized carbons (Fsp3) is 0.529. The van der Waals surface area contributed by atoms with Crippen LogP contribution in [-0.2, 0) is 28.7 Å². The molecule has 0 spiro atoms. The van der Waals surface area contributed by atoms with Gasteiger partial charge in [0.15, 0.2) is 0 Å². The van der Waals surface area contributed by atoms with E-state index in [0.717, 1.165) is 0 Å². The van der Waals surface area contributed by atoms with E-state index in [-0.39, 0.29) is 30.1 Å². The molecule has 0 radical (unpaired) electrons. The molecule has 0 saturated carbocycles. The maximum absolute atomic E-state index is 12.7. The number of ketones is 1. The molecule has 0 aromatic rings. The van der Waals surface area contributed by atoms with Crippen LogP contribution < -0.4 is 0 Å². The molecule has 7 heteroatoms. The molecule has 0 bridgehead atoms. The van der Waals surface area contributed by atoms with E-state index in [0.29, 0.717) is 24.0 Å². The van der Waals surface area contributed by atoms with E-state index >= 15 is 0 Å². The Balaban J connectivity index is 3.36. The van der Waals surface area contributed by atoms with E-state index in [9.17, 15) is 14.4 Å². The Morgan fingerprint density at radius 2 is 1.33 bits per heavy atom. The molecule has 0 unspecified atom stereocenters. The van der Waals surface area contributed by atoms with Crippen LogP contribution >= 0.6 is 0 Å². The van der Waals surface area contributed by atoms with Gasteiger partial charge in [-0.25, -0.2) is 9.59 Å². The van der Waals surface area contributed by atoms with Crippen LogP contribution in [0.15, 0.2) is 27.4 Å². The van der Waals surface area contributed by atoms with Crippen molar-refractivity contribution < 1.29 is 28.7 Å². The lowest BCUT2D eigenvalue weighted by atomic mass is 9.84. The molecular weight excluding hydrogens is 314 g/mol. The summed E-state index contributed by atoms with van der Waals surface area (Å²) < 4.78 is 10.1. The SMILES string of the molecule is CCCOC(=O)C1=C(C)C(=NOC)C(C)=C(C(=O)OCCC)C1=O. The van der Waals surface area contributed by atoms with Crippen LogP contribution in [0.5, 0.6) is 0 Å². The molecular formula is C17H23NO6. The Kier molecular flexibility index (Phi) is 7.35. The lowest BCUT2D eigenvalue weighted by Gasteiger charge is -2.21. The molecule has 1 aliphatic carbocycles. The van der Waals surface area contributed by atoms with Crippen LogP contribution in [-0.4, -0.2) is 43.8 Å². The highest BCUT2D eigenvalue weighted by molar-refractivity contribution is 6.41. The predicted octanol–water partition coefficient (Wildman–Crippen LogP) is 2.11. The average molecular weight is 337 g/mol. The zero-order valence-electron chi connectivity index (χ0n) is 14.7. The summed E-state index contributed by atoms with van der Waals surface area (Å²) in [5.74, 6) is -2.27. The van der Waals surface area contributed by atoms with Crippen LogP contribution in [0.25, 0.3) is 0 Å². The van der Waals surface area contributed by atoms with Crippen molar-refractivity contribution in [3.63, 3.8) is 0 Å². The van der Waals surface area contributed by atoms with Gasteiger partial charge in [0.2, 0.25) is 5.78 Å². The molecule has 0 amide bonds. The number of oxime groups is 1. The van der Waals surface area contributed by atoms with Crippen LogP contribution in [0.1, 0.15) is 40.5 Å². The second kappa shape index (κ2) is 9.00. The lowest BCUT2D eigenvalue weighted by Crippen LogP contribution is -2.32. The molecule has 0 fully saturated rings. The number of ether oxygens (including phenoxy) is 2. The number of carbonyl (C=O) groups is 3. The van der Waals surface area contributed by atoms with E-state index in [2.05, 4.69) is 5.16 Å². The first-order chi connectivity index (χ1) is 11.4. The van der Waals surface area contributed by atoms with Gasteiger partial charge in [0.05, 0.1) is 13.2 Å². The van der Waals surface area contributed by atoms with Gasteiger partial charge in [-0.1, -0.05) is 19.0 Å². The van der Waals surface area contributed by atoms with Crippen molar-refractivity contribution in [2.24, 2.45) is 5.16 Å². The molecule has 1 aliphatic rings. The molecule has 0 aromatic heterocycles. The van der Waals surface area contributed by atoms with Gasteiger partial charge in [0.1, 0.15) is 24.0 Å². The van der Waals surface area contributed by atoms with Crippen molar-refractivity contribution in [1.29, 1.82) is 0 Å². The van der Waals surface area contributed by atoms with Crippen LogP contribution in [0, 0.1) is 0 Å². The Morgan fingerprint density at radius 1 is 0.917 bits per heavy atom. The summed E-state index contributed by atoms with van der Waals surface area (Å²) in [6.45, 7) is 7.17. The zero-order valence-corrected chi connectivity index (χ0v) is 14.7. The Bertz CT molecular complexity index is 579. The smallest absolute Gasteiger partial charge is 0.342 e. The molecule has 0 heterocycles. The zero-order chi connectivity index (χ0) is 18.3. The summed E-state index contributed by atoms with van der Waals surface area (Å²) in [5, 5.41) is 3.84. The number of carbonyl (C=O) groups excluding carboxylic acids is 3. The summed E-state index contributed by atoms with van der Waals surface area (Å²) >= 11 is 0. The summed E-state index contributed by atoms with van der Waals surface area (Å²) in [6, 6.07) is 0. The first-order valence-corrected chi connectivity index (χ1v) is 7.83. The second-order valence-electron chi connectivity index (χ2n) is 5.22. The van der Waals surface area contributed by atoms with Crippen molar-refractivity contribution in [3.8, 4) is 0 Å².